The second-order valence-electron chi connectivity index (χ2n) is 7.44. The lowest BCUT2D eigenvalue weighted by molar-refractivity contribution is -0.116. The lowest BCUT2D eigenvalue weighted by Crippen LogP contribution is -2.18. The zero-order valence-corrected chi connectivity index (χ0v) is 19.3. The Bertz CT molecular complexity index is 1340. The molecule has 0 saturated heterocycles. The SMILES string of the molecule is Cc1ccc(CS(=O)(=O)c2cn(CC(=O)Nc3ccc(Br)cc3)c3ccccc23)cc1. The lowest BCUT2D eigenvalue weighted by Gasteiger charge is -2.07. The van der Waals surface area contributed by atoms with Gasteiger partial charge in [-0.2, -0.15) is 0 Å². The molecule has 4 rings (SSSR count). The molecule has 0 saturated carbocycles. The van der Waals surface area contributed by atoms with Crippen LogP contribution in [0.5, 0.6) is 0 Å². The molecule has 158 valence electrons. The van der Waals surface area contributed by atoms with Crippen molar-refractivity contribution in [1.29, 1.82) is 0 Å². The van der Waals surface area contributed by atoms with Gasteiger partial charge in [0.05, 0.1) is 10.6 Å². The van der Waals surface area contributed by atoms with E-state index in [4.69, 9.17) is 0 Å². The number of aryl methyl sites for hydroxylation is 1. The van der Waals surface area contributed by atoms with E-state index in [1.165, 1.54) is 0 Å². The summed E-state index contributed by atoms with van der Waals surface area (Å²) >= 11 is 3.37. The van der Waals surface area contributed by atoms with Gasteiger partial charge in [0, 0.05) is 27.3 Å². The first-order valence-electron chi connectivity index (χ1n) is 9.73. The number of hydrogen-bond donors (Lipinski definition) is 1. The van der Waals surface area contributed by atoms with Gasteiger partial charge in [0.1, 0.15) is 6.54 Å². The number of aromatic nitrogens is 1. The lowest BCUT2D eigenvalue weighted by atomic mass is 10.2. The summed E-state index contributed by atoms with van der Waals surface area (Å²) in [7, 11) is -3.59. The number of carbonyl (C=O) groups is 1. The number of anilines is 1. The fourth-order valence-corrected chi connectivity index (χ4v) is 5.31. The molecule has 0 aliphatic rings. The Balaban J connectivity index is 1.63. The number of amides is 1. The van der Waals surface area contributed by atoms with Crippen LogP contribution in [-0.4, -0.2) is 18.9 Å². The molecule has 1 aromatic heterocycles. The number of carbonyl (C=O) groups excluding carboxylic acids is 1. The summed E-state index contributed by atoms with van der Waals surface area (Å²) < 4.78 is 29.0. The van der Waals surface area contributed by atoms with Crippen LogP contribution < -0.4 is 5.32 Å². The zero-order chi connectivity index (χ0) is 22.0. The van der Waals surface area contributed by atoms with Crippen LogP contribution in [0.2, 0.25) is 0 Å². The van der Waals surface area contributed by atoms with Gasteiger partial charge in [-0.15, -0.1) is 0 Å². The Morgan fingerprint density at radius 3 is 2.35 bits per heavy atom. The summed E-state index contributed by atoms with van der Waals surface area (Å²) in [4.78, 5) is 12.8. The molecule has 1 N–H and O–H groups in total. The molecule has 3 aromatic carbocycles. The Morgan fingerprint density at radius 1 is 0.968 bits per heavy atom. The Labute approximate surface area is 189 Å². The molecule has 0 radical (unpaired) electrons. The molecule has 0 aliphatic carbocycles. The van der Waals surface area contributed by atoms with E-state index in [0.29, 0.717) is 16.6 Å². The first kappa shape index (κ1) is 21.3. The van der Waals surface area contributed by atoms with Crippen molar-refractivity contribution in [2.45, 2.75) is 24.1 Å². The predicted molar refractivity (Wildman–Crippen MR) is 127 cm³/mol. The number of fused-ring (bicyclic) bond motifs is 1. The molecule has 7 heteroatoms. The first-order valence-corrected chi connectivity index (χ1v) is 12.2. The summed E-state index contributed by atoms with van der Waals surface area (Å²) in [6, 6.07) is 22.0. The highest BCUT2D eigenvalue weighted by molar-refractivity contribution is 9.10. The maximum absolute atomic E-state index is 13.2. The number of hydrogen-bond acceptors (Lipinski definition) is 3. The minimum atomic E-state index is -3.59. The van der Waals surface area contributed by atoms with Crippen LogP contribution in [-0.2, 0) is 26.9 Å². The van der Waals surface area contributed by atoms with Crippen LogP contribution in [0.4, 0.5) is 5.69 Å². The van der Waals surface area contributed by atoms with E-state index < -0.39 is 9.84 Å². The van der Waals surface area contributed by atoms with Crippen molar-refractivity contribution < 1.29 is 13.2 Å². The van der Waals surface area contributed by atoms with Crippen molar-refractivity contribution in [3.05, 3.63) is 94.6 Å². The number of benzene rings is 3. The summed E-state index contributed by atoms with van der Waals surface area (Å²) in [5.74, 6) is -0.322. The van der Waals surface area contributed by atoms with Gasteiger partial charge in [0.25, 0.3) is 0 Å². The van der Waals surface area contributed by atoms with Gasteiger partial charge in [-0.25, -0.2) is 8.42 Å². The average molecular weight is 497 g/mol. The van der Waals surface area contributed by atoms with Crippen molar-refractivity contribution in [3.63, 3.8) is 0 Å². The van der Waals surface area contributed by atoms with E-state index in [0.717, 1.165) is 15.6 Å². The molecular weight excluding hydrogens is 476 g/mol. The normalized spacial score (nSPS) is 11.5. The molecule has 0 bridgehead atoms. The smallest absolute Gasteiger partial charge is 0.244 e. The number of nitrogens with one attached hydrogen (secondary N) is 1. The zero-order valence-electron chi connectivity index (χ0n) is 16.9. The van der Waals surface area contributed by atoms with Crippen molar-refractivity contribution in [1.82, 2.24) is 4.57 Å². The summed E-state index contributed by atoms with van der Waals surface area (Å²) in [6.45, 7) is 1.97. The molecular formula is C24H21BrN2O3S. The van der Waals surface area contributed by atoms with Crippen molar-refractivity contribution >= 4 is 48.3 Å². The van der Waals surface area contributed by atoms with Gasteiger partial charge in [-0.3, -0.25) is 4.79 Å². The van der Waals surface area contributed by atoms with Crippen LogP contribution in [0.3, 0.4) is 0 Å². The third-order valence-electron chi connectivity index (χ3n) is 5.01. The fourth-order valence-electron chi connectivity index (χ4n) is 3.46. The Morgan fingerprint density at radius 2 is 1.65 bits per heavy atom. The summed E-state index contributed by atoms with van der Waals surface area (Å²) in [5, 5.41) is 3.46. The molecule has 0 aliphatic heterocycles. The quantitative estimate of drug-likeness (QED) is 0.392. The first-order chi connectivity index (χ1) is 14.8. The Hall–Kier alpha value is -2.90. The van der Waals surface area contributed by atoms with Gasteiger partial charge >= 0.3 is 0 Å². The highest BCUT2D eigenvalue weighted by Crippen LogP contribution is 2.28. The largest absolute Gasteiger partial charge is 0.337 e. The maximum Gasteiger partial charge on any atom is 0.244 e. The molecule has 0 spiro atoms. The average Bonchev–Trinajstić information content (AvgIpc) is 3.11. The summed E-state index contributed by atoms with van der Waals surface area (Å²) in [6.07, 6.45) is 1.56. The number of sulfone groups is 1. The van der Waals surface area contributed by atoms with E-state index in [1.54, 1.807) is 35.0 Å². The molecule has 31 heavy (non-hydrogen) atoms. The van der Waals surface area contributed by atoms with E-state index >= 15 is 0 Å². The third kappa shape index (κ3) is 4.89. The minimum Gasteiger partial charge on any atom is -0.337 e. The highest BCUT2D eigenvalue weighted by Gasteiger charge is 2.22. The molecule has 0 fully saturated rings. The van der Waals surface area contributed by atoms with Gasteiger partial charge in [-0.1, -0.05) is 64.0 Å². The number of halogens is 1. The van der Waals surface area contributed by atoms with Crippen LogP contribution in [0.25, 0.3) is 10.9 Å². The van der Waals surface area contributed by atoms with Gasteiger partial charge in [0.2, 0.25) is 5.91 Å². The van der Waals surface area contributed by atoms with Crippen molar-refractivity contribution in [3.8, 4) is 0 Å². The molecule has 0 atom stereocenters. The van der Waals surface area contributed by atoms with Gasteiger partial charge in [-0.05, 0) is 42.8 Å². The van der Waals surface area contributed by atoms with Crippen molar-refractivity contribution in [2.24, 2.45) is 0 Å². The number of nitrogens with zero attached hydrogens (tertiary/aromatic N) is 1. The van der Waals surface area contributed by atoms with E-state index in [2.05, 4.69) is 21.2 Å². The van der Waals surface area contributed by atoms with Crippen LogP contribution >= 0.6 is 15.9 Å². The van der Waals surface area contributed by atoms with E-state index in [1.807, 2.05) is 55.5 Å². The highest BCUT2D eigenvalue weighted by atomic mass is 79.9. The van der Waals surface area contributed by atoms with Gasteiger partial charge < -0.3 is 9.88 Å². The second-order valence-corrected chi connectivity index (χ2v) is 10.3. The number of rotatable bonds is 6. The molecule has 0 unspecified atom stereocenters. The predicted octanol–water partition coefficient (Wildman–Crippen LogP) is 5.32. The molecule has 4 aromatic rings. The fraction of sp³-hybridized carbons (Fsp3) is 0.125. The topological polar surface area (TPSA) is 68.2 Å². The van der Waals surface area contributed by atoms with Gasteiger partial charge in [0.15, 0.2) is 9.84 Å². The van der Waals surface area contributed by atoms with Crippen LogP contribution in [0.1, 0.15) is 11.1 Å². The third-order valence-corrected chi connectivity index (χ3v) is 7.24. The molecule has 1 heterocycles. The Kier molecular flexibility index (Phi) is 5.98. The van der Waals surface area contributed by atoms with Crippen LogP contribution in [0.15, 0.2) is 88.4 Å². The van der Waals surface area contributed by atoms with Crippen LogP contribution in [0, 0.1) is 6.92 Å². The van der Waals surface area contributed by atoms with Crippen molar-refractivity contribution in [2.75, 3.05) is 5.32 Å². The standard InChI is InChI=1S/C24H21BrN2O3S/c1-17-6-8-18(9-7-17)16-31(29,30)23-14-27(22-5-3-2-4-21(22)23)15-24(28)26-20-12-10-19(25)11-13-20/h2-14H,15-16H2,1H3,(H,26,28). The molecule has 1 amide bonds. The summed E-state index contributed by atoms with van der Waals surface area (Å²) in [5.41, 5.74) is 3.19. The van der Waals surface area contributed by atoms with E-state index in [-0.39, 0.29) is 23.1 Å². The minimum absolute atomic E-state index is 0.0105. The van der Waals surface area contributed by atoms with E-state index in [9.17, 15) is 13.2 Å². The monoisotopic (exact) mass is 496 g/mol. The second kappa shape index (κ2) is 8.69. The maximum atomic E-state index is 13.2. The molecule has 5 nitrogen and oxygen atoms in total. The number of para-hydroxylation sites is 1.